The maximum atomic E-state index is 14.0. The standard InChI is InChI=1S/C45H52N8O7/c1-22(2)37(50-44(56)58-5)42(54)52-23(3)7-15-34(52)40-46-20-33(48-40)27-11-13-29-28(17-27)21-60-36-19-30-26(18-31(29)36)12-14-32-39(30)49-41(47-32)35-16-8-24(4)53(35)43(55)38(25-9-10-25)51-45(57)59-6/h11-14,17-20,22-25,34-35,37-38H,7-10,15-16,21H2,1-6H3,(H,46,48)(H,47,49)(H,50,56)(H,51,57)/t23-,24-,34?,35-,37-,38-/m0/s1. The fraction of sp³-hybridized carbons (Fsp3) is 0.467. The zero-order chi connectivity index (χ0) is 42.0. The van der Waals surface area contributed by atoms with Crippen molar-refractivity contribution in [2.75, 3.05) is 14.2 Å². The highest BCUT2D eigenvalue weighted by Crippen LogP contribution is 2.45. The Bertz CT molecular complexity index is 2510. The molecule has 314 valence electrons. The number of nitrogens with zero attached hydrogens (tertiary/aromatic N) is 4. The van der Waals surface area contributed by atoms with Crippen LogP contribution in [0.2, 0.25) is 0 Å². The first-order chi connectivity index (χ1) is 28.9. The van der Waals surface area contributed by atoms with Crippen LogP contribution < -0.4 is 15.4 Å². The summed E-state index contributed by atoms with van der Waals surface area (Å²) in [5.74, 6) is 1.97. The van der Waals surface area contributed by atoms with Crippen LogP contribution in [-0.2, 0) is 25.7 Å². The largest absolute Gasteiger partial charge is 0.488 e. The number of methoxy groups -OCH3 is 2. The van der Waals surface area contributed by atoms with E-state index in [0.29, 0.717) is 12.4 Å². The van der Waals surface area contributed by atoms with Gasteiger partial charge < -0.3 is 44.6 Å². The van der Waals surface area contributed by atoms with E-state index in [-0.39, 0.29) is 47.8 Å². The number of carbonyl (C=O) groups is 4. The molecule has 1 aliphatic carbocycles. The lowest BCUT2D eigenvalue weighted by molar-refractivity contribution is -0.138. The van der Waals surface area contributed by atoms with Crippen LogP contribution >= 0.6 is 0 Å². The Morgan fingerprint density at radius 1 is 0.800 bits per heavy atom. The predicted molar refractivity (Wildman–Crippen MR) is 224 cm³/mol. The van der Waals surface area contributed by atoms with Crippen LogP contribution in [0.3, 0.4) is 0 Å². The number of nitrogens with one attached hydrogen (secondary N) is 4. The van der Waals surface area contributed by atoms with Crippen LogP contribution in [-0.4, -0.2) is 92.1 Å². The molecule has 0 bridgehead atoms. The number of ether oxygens (including phenoxy) is 3. The molecule has 4 N–H and O–H groups in total. The second kappa shape index (κ2) is 15.5. The third kappa shape index (κ3) is 6.96. The molecule has 0 spiro atoms. The Kier molecular flexibility index (Phi) is 10.2. The molecule has 2 aromatic heterocycles. The van der Waals surface area contributed by atoms with Gasteiger partial charge in [0.1, 0.15) is 36.1 Å². The molecule has 5 heterocycles. The number of alkyl carbamates (subject to hydrolysis) is 2. The Labute approximate surface area is 347 Å². The molecule has 1 unspecified atom stereocenters. The Morgan fingerprint density at radius 3 is 2.20 bits per heavy atom. The van der Waals surface area contributed by atoms with Crippen molar-refractivity contribution in [3.63, 3.8) is 0 Å². The molecule has 3 fully saturated rings. The van der Waals surface area contributed by atoms with Crippen LogP contribution in [0.15, 0.2) is 48.7 Å². The fourth-order valence-corrected chi connectivity index (χ4v) is 9.55. The van der Waals surface area contributed by atoms with Gasteiger partial charge in [0.15, 0.2) is 0 Å². The van der Waals surface area contributed by atoms with Gasteiger partial charge in [-0.15, -0.1) is 0 Å². The van der Waals surface area contributed by atoms with Crippen molar-refractivity contribution in [2.24, 2.45) is 11.8 Å². The van der Waals surface area contributed by atoms with Gasteiger partial charge in [0.2, 0.25) is 11.8 Å². The van der Waals surface area contributed by atoms with E-state index in [4.69, 9.17) is 24.2 Å². The molecule has 1 saturated carbocycles. The number of aromatic nitrogens is 4. The van der Waals surface area contributed by atoms with E-state index in [9.17, 15) is 19.2 Å². The summed E-state index contributed by atoms with van der Waals surface area (Å²) in [6.45, 7) is 8.29. The first-order valence-corrected chi connectivity index (χ1v) is 21.0. The molecule has 0 radical (unpaired) electrons. The lowest BCUT2D eigenvalue weighted by atomic mass is 9.92. The molecule has 15 nitrogen and oxygen atoms in total. The van der Waals surface area contributed by atoms with E-state index in [0.717, 1.165) is 99.9 Å². The van der Waals surface area contributed by atoms with Gasteiger partial charge in [-0.25, -0.2) is 19.6 Å². The molecule has 4 aliphatic rings. The number of carbonyl (C=O) groups excluding carboxylic acids is 4. The molecular formula is C45H52N8O7. The minimum absolute atomic E-state index is 0.00229. The summed E-state index contributed by atoms with van der Waals surface area (Å²) in [7, 11) is 2.61. The number of benzene rings is 3. The Balaban J connectivity index is 0.965. The Hall–Kier alpha value is -6.12. The van der Waals surface area contributed by atoms with Gasteiger partial charge >= 0.3 is 12.2 Å². The minimum Gasteiger partial charge on any atom is -0.488 e. The van der Waals surface area contributed by atoms with Gasteiger partial charge in [-0.3, -0.25) is 9.59 Å². The molecule has 60 heavy (non-hydrogen) atoms. The van der Waals surface area contributed by atoms with Crippen LogP contribution in [0.5, 0.6) is 5.75 Å². The van der Waals surface area contributed by atoms with Gasteiger partial charge in [-0.2, -0.15) is 0 Å². The van der Waals surface area contributed by atoms with Crippen molar-refractivity contribution >= 4 is 45.8 Å². The van der Waals surface area contributed by atoms with Crippen molar-refractivity contribution < 1.29 is 33.4 Å². The summed E-state index contributed by atoms with van der Waals surface area (Å²) < 4.78 is 16.1. The number of rotatable bonds is 9. The number of aromatic amines is 2. The van der Waals surface area contributed by atoms with Crippen LogP contribution in [0, 0.1) is 11.8 Å². The Morgan fingerprint density at radius 2 is 1.50 bits per heavy atom. The van der Waals surface area contributed by atoms with Gasteiger partial charge in [-0.1, -0.05) is 32.0 Å². The molecule has 6 atom stereocenters. The van der Waals surface area contributed by atoms with E-state index in [1.165, 1.54) is 14.2 Å². The first kappa shape index (κ1) is 39.3. The van der Waals surface area contributed by atoms with Crippen LogP contribution in [0.25, 0.3) is 44.2 Å². The lowest BCUT2D eigenvalue weighted by Crippen LogP contribution is -2.52. The van der Waals surface area contributed by atoms with Gasteiger partial charge in [0.05, 0.1) is 49.2 Å². The number of imidazole rings is 2. The highest BCUT2D eigenvalue weighted by molar-refractivity contribution is 6.07. The molecular weight excluding hydrogens is 765 g/mol. The summed E-state index contributed by atoms with van der Waals surface area (Å²) >= 11 is 0. The van der Waals surface area contributed by atoms with Crippen LogP contribution in [0.4, 0.5) is 9.59 Å². The maximum absolute atomic E-state index is 14.0. The minimum atomic E-state index is -0.717. The SMILES string of the molecule is COC(=O)N[C@H](C(=O)N1C(c2ncc(-c3ccc4c(c3)COc3cc5c(ccc6[nH]c([C@@H]7CC[C@H](C)N7C(=O)[C@@H](NC(=O)OC)C7CC7)nc65)cc3-4)[nH]2)CC[C@@H]1C)C(C)C. The smallest absolute Gasteiger partial charge is 0.407 e. The lowest BCUT2D eigenvalue weighted by Gasteiger charge is -2.32. The number of likely N-dealkylation sites (tertiary alicyclic amines) is 2. The van der Waals surface area contributed by atoms with Crippen LogP contribution in [0.1, 0.15) is 95.5 Å². The quantitative estimate of drug-likeness (QED) is 0.119. The highest BCUT2D eigenvalue weighted by Gasteiger charge is 2.46. The van der Waals surface area contributed by atoms with E-state index in [2.05, 4.69) is 63.9 Å². The van der Waals surface area contributed by atoms with Gasteiger partial charge in [0, 0.05) is 23.0 Å². The van der Waals surface area contributed by atoms with E-state index < -0.39 is 24.3 Å². The summed E-state index contributed by atoms with van der Waals surface area (Å²) in [5, 5.41) is 7.51. The van der Waals surface area contributed by atoms with Crippen molar-refractivity contribution in [1.82, 2.24) is 40.4 Å². The molecule has 9 rings (SSSR count). The maximum Gasteiger partial charge on any atom is 0.407 e. The zero-order valence-electron chi connectivity index (χ0n) is 34.8. The number of H-pyrrole nitrogens is 2. The van der Waals surface area contributed by atoms with Crippen molar-refractivity contribution in [2.45, 2.75) is 109 Å². The molecule has 5 aromatic rings. The zero-order valence-corrected chi connectivity index (χ0v) is 34.8. The topological polar surface area (TPSA) is 184 Å². The number of hydrogen-bond donors (Lipinski definition) is 4. The van der Waals surface area contributed by atoms with E-state index >= 15 is 0 Å². The number of hydrogen-bond acceptors (Lipinski definition) is 9. The monoisotopic (exact) mass is 816 g/mol. The molecule has 4 amide bonds. The van der Waals surface area contributed by atoms with Gasteiger partial charge in [-0.05, 0) is 111 Å². The summed E-state index contributed by atoms with van der Waals surface area (Å²) in [4.78, 5) is 72.8. The first-order valence-electron chi connectivity index (χ1n) is 21.0. The fourth-order valence-electron chi connectivity index (χ4n) is 9.55. The predicted octanol–water partition coefficient (Wildman–Crippen LogP) is 7.28. The third-order valence-electron chi connectivity index (χ3n) is 13.0. The number of amides is 4. The summed E-state index contributed by atoms with van der Waals surface area (Å²) in [6, 6.07) is 12.8. The second-order valence-corrected chi connectivity index (χ2v) is 17.2. The molecule has 3 aromatic carbocycles. The highest BCUT2D eigenvalue weighted by atomic mass is 16.5. The molecule has 15 heteroatoms. The van der Waals surface area contributed by atoms with Crippen molar-refractivity contribution in [1.29, 1.82) is 0 Å². The van der Waals surface area contributed by atoms with Crippen molar-refractivity contribution in [3.05, 3.63) is 65.9 Å². The van der Waals surface area contributed by atoms with Gasteiger partial charge in [0.25, 0.3) is 0 Å². The average molecular weight is 817 g/mol. The molecule has 2 saturated heterocycles. The number of fused-ring (bicyclic) bond motifs is 6. The average Bonchev–Trinajstić information content (AvgIpc) is 3.54. The second-order valence-electron chi connectivity index (χ2n) is 17.2. The molecule has 3 aliphatic heterocycles. The normalized spacial score (nSPS) is 22.0. The van der Waals surface area contributed by atoms with Crippen molar-refractivity contribution in [3.8, 4) is 28.1 Å². The third-order valence-corrected chi connectivity index (χ3v) is 13.0. The summed E-state index contributed by atoms with van der Waals surface area (Å²) in [6.07, 6.45) is 5.57. The summed E-state index contributed by atoms with van der Waals surface area (Å²) in [5.41, 5.74) is 6.63. The van der Waals surface area contributed by atoms with E-state index in [1.807, 2.05) is 42.8 Å². The van der Waals surface area contributed by atoms with E-state index in [1.54, 1.807) is 0 Å².